The van der Waals surface area contributed by atoms with Crippen molar-refractivity contribution < 1.29 is 0 Å². The lowest BCUT2D eigenvalue weighted by atomic mass is 9.83. The van der Waals surface area contributed by atoms with Gasteiger partial charge in [-0.25, -0.2) is 0 Å². The lowest BCUT2D eigenvalue weighted by Crippen LogP contribution is -2.56. The third-order valence-electron chi connectivity index (χ3n) is 6.31. The van der Waals surface area contributed by atoms with Crippen LogP contribution in [0, 0.1) is 5.92 Å². The Balaban J connectivity index is 0.00000256. The topological polar surface area (TPSA) is 43.8 Å². The van der Waals surface area contributed by atoms with Crippen molar-refractivity contribution >= 4 is 29.9 Å². The van der Waals surface area contributed by atoms with Crippen molar-refractivity contribution in [2.24, 2.45) is 10.9 Å². The molecule has 5 nitrogen and oxygen atoms in total. The van der Waals surface area contributed by atoms with E-state index in [1.54, 1.807) is 0 Å². The van der Waals surface area contributed by atoms with Crippen molar-refractivity contribution in [1.29, 1.82) is 0 Å². The van der Waals surface area contributed by atoms with E-state index in [-0.39, 0.29) is 24.0 Å². The number of likely N-dealkylation sites (tertiary alicyclic amines) is 2. The van der Waals surface area contributed by atoms with E-state index in [1.807, 2.05) is 25.4 Å². The van der Waals surface area contributed by atoms with Gasteiger partial charge in [0.2, 0.25) is 0 Å². The number of nitrogens with zero attached hydrogens (tertiary/aromatic N) is 4. The number of aliphatic imine (C=N–C) groups is 1. The number of nitrogens with one attached hydrogen (secondary N) is 1. The molecule has 0 radical (unpaired) electrons. The van der Waals surface area contributed by atoms with E-state index in [1.165, 1.54) is 31.4 Å². The van der Waals surface area contributed by atoms with E-state index in [0.717, 1.165) is 50.2 Å². The van der Waals surface area contributed by atoms with Crippen LogP contribution in [0.15, 0.2) is 59.7 Å². The van der Waals surface area contributed by atoms with Gasteiger partial charge >= 0.3 is 0 Å². The summed E-state index contributed by atoms with van der Waals surface area (Å²) < 4.78 is 0. The third kappa shape index (κ3) is 5.94. The summed E-state index contributed by atoms with van der Waals surface area (Å²) in [5, 5.41) is 3.56. The van der Waals surface area contributed by atoms with Gasteiger partial charge in [0.25, 0.3) is 0 Å². The van der Waals surface area contributed by atoms with Crippen LogP contribution in [-0.4, -0.2) is 60.0 Å². The van der Waals surface area contributed by atoms with Gasteiger partial charge in [0, 0.05) is 57.6 Å². The number of pyridine rings is 1. The Kier molecular flexibility index (Phi) is 8.93. The van der Waals surface area contributed by atoms with Crippen LogP contribution in [0.2, 0.25) is 0 Å². The van der Waals surface area contributed by atoms with Gasteiger partial charge in [-0.15, -0.1) is 24.0 Å². The lowest BCUT2D eigenvalue weighted by Gasteiger charge is -2.48. The number of benzene rings is 1. The molecule has 0 aliphatic carbocycles. The second kappa shape index (κ2) is 11.6. The van der Waals surface area contributed by atoms with Crippen LogP contribution in [0.25, 0.3) is 0 Å². The molecule has 2 aliphatic rings. The van der Waals surface area contributed by atoms with Gasteiger partial charge in [-0.3, -0.25) is 14.9 Å². The fraction of sp³-hybridized carbons (Fsp3) is 0.500. The number of fused-ring (bicyclic) bond motifs is 1. The molecule has 2 aromatic rings. The maximum Gasteiger partial charge on any atom is 0.193 e. The lowest BCUT2D eigenvalue weighted by molar-refractivity contribution is 0.0373. The minimum atomic E-state index is 0. The molecule has 0 spiro atoms. The van der Waals surface area contributed by atoms with Crippen LogP contribution in [0.5, 0.6) is 0 Å². The molecule has 2 fully saturated rings. The van der Waals surface area contributed by atoms with E-state index < -0.39 is 0 Å². The standard InChI is InChI=1S/C24H33N5.HI/c1-25-24(27-15-12-22-11-5-6-14-26-22)29-17-13-23-21(19-29)10-7-16-28(23)18-20-8-3-2-4-9-20;/h2-6,8-9,11,14,21,23H,7,10,12-13,15-19H2,1H3,(H,25,27);1H. The molecule has 1 aromatic carbocycles. The van der Waals surface area contributed by atoms with Crippen LogP contribution >= 0.6 is 24.0 Å². The highest BCUT2D eigenvalue weighted by Gasteiger charge is 2.36. The summed E-state index contributed by atoms with van der Waals surface area (Å²) in [7, 11) is 1.90. The molecule has 162 valence electrons. The van der Waals surface area contributed by atoms with Gasteiger partial charge in [-0.05, 0) is 49.4 Å². The van der Waals surface area contributed by atoms with Crippen molar-refractivity contribution in [2.75, 3.05) is 33.2 Å². The number of rotatable bonds is 5. The summed E-state index contributed by atoms with van der Waals surface area (Å²) in [5.41, 5.74) is 2.56. The zero-order valence-corrected chi connectivity index (χ0v) is 20.2. The van der Waals surface area contributed by atoms with Crippen LogP contribution in [0.3, 0.4) is 0 Å². The highest BCUT2D eigenvalue weighted by atomic mass is 127. The number of halogens is 1. The Morgan fingerprint density at radius 1 is 1.10 bits per heavy atom. The van der Waals surface area contributed by atoms with E-state index in [2.05, 4.69) is 61.5 Å². The molecular weight excluding hydrogens is 485 g/mol. The molecule has 3 heterocycles. The summed E-state index contributed by atoms with van der Waals surface area (Å²) in [5.74, 6) is 1.77. The molecule has 2 aliphatic heterocycles. The first-order chi connectivity index (χ1) is 14.3. The predicted molar refractivity (Wildman–Crippen MR) is 134 cm³/mol. The average Bonchev–Trinajstić information content (AvgIpc) is 2.78. The summed E-state index contributed by atoms with van der Waals surface area (Å²) in [6.45, 7) is 5.37. The van der Waals surface area contributed by atoms with E-state index >= 15 is 0 Å². The maximum absolute atomic E-state index is 4.56. The molecule has 2 saturated heterocycles. The van der Waals surface area contributed by atoms with Gasteiger partial charge in [-0.1, -0.05) is 36.4 Å². The minimum absolute atomic E-state index is 0. The monoisotopic (exact) mass is 519 g/mol. The van der Waals surface area contributed by atoms with Crippen LogP contribution in [0.4, 0.5) is 0 Å². The molecule has 0 bridgehead atoms. The molecule has 0 saturated carbocycles. The smallest absolute Gasteiger partial charge is 0.193 e. The zero-order valence-electron chi connectivity index (χ0n) is 17.9. The van der Waals surface area contributed by atoms with Crippen LogP contribution < -0.4 is 5.32 Å². The van der Waals surface area contributed by atoms with E-state index in [9.17, 15) is 0 Å². The Hall–Kier alpha value is -1.67. The Morgan fingerprint density at radius 3 is 2.70 bits per heavy atom. The largest absolute Gasteiger partial charge is 0.356 e. The first kappa shape index (κ1) is 23.0. The van der Waals surface area contributed by atoms with Crippen molar-refractivity contribution in [2.45, 2.75) is 38.3 Å². The molecule has 0 amide bonds. The van der Waals surface area contributed by atoms with E-state index in [4.69, 9.17) is 0 Å². The second-order valence-corrected chi connectivity index (χ2v) is 8.21. The minimum Gasteiger partial charge on any atom is -0.356 e. The number of hydrogen-bond acceptors (Lipinski definition) is 3. The predicted octanol–water partition coefficient (Wildman–Crippen LogP) is 3.80. The van der Waals surface area contributed by atoms with Gasteiger partial charge in [0.1, 0.15) is 0 Å². The molecule has 1 N–H and O–H groups in total. The Labute approximate surface area is 198 Å². The highest BCUT2D eigenvalue weighted by molar-refractivity contribution is 14.0. The van der Waals surface area contributed by atoms with Gasteiger partial charge in [-0.2, -0.15) is 0 Å². The van der Waals surface area contributed by atoms with Crippen molar-refractivity contribution in [3.05, 3.63) is 66.0 Å². The summed E-state index contributed by atoms with van der Waals surface area (Å²) in [6.07, 6.45) is 6.63. The molecule has 30 heavy (non-hydrogen) atoms. The molecule has 6 heteroatoms. The van der Waals surface area contributed by atoms with Crippen molar-refractivity contribution in [3.8, 4) is 0 Å². The molecule has 1 aromatic heterocycles. The van der Waals surface area contributed by atoms with Gasteiger partial charge in [0.15, 0.2) is 5.96 Å². The fourth-order valence-electron chi connectivity index (χ4n) is 4.89. The van der Waals surface area contributed by atoms with Crippen LogP contribution in [-0.2, 0) is 13.0 Å². The molecule has 2 unspecified atom stereocenters. The fourth-order valence-corrected chi connectivity index (χ4v) is 4.89. The average molecular weight is 519 g/mol. The second-order valence-electron chi connectivity index (χ2n) is 8.21. The van der Waals surface area contributed by atoms with Crippen LogP contribution in [0.1, 0.15) is 30.5 Å². The quantitative estimate of drug-likeness (QED) is 0.371. The SMILES string of the molecule is CN=C(NCCc1ccccn1)N1CCC2C(CCCN2Cc2ccccc2)C1.I. The Morgan fingerprint density at radius 2 is 1.93 bits per heavy atom. The zero-order chi connectivity index (χ0) is 19.9. The number of piperidine rings is 2. The van der Waals surface area contributed by atoms with Crippen molar-refractivity contribution in [3.63, 3.8) is 0 Å². The third-order valence-corrected chi connectivity index (χ3v) is 6.31. The molecular formula is C24H34IN5. The van der Waals surface area contributed by atoms with Gasteiger partial charge < -0.3 is 10.2 Å². The highest BCUT2D eigenvalue weighted by Crippen LogP contribution is 2.31. The normalized spacial score (nSPS) is 22.2. The van der Waals surface area contributed by atoms with Gasteiger partial charge in [0.05, 0.1) is 0 Å². The summed E-state index contributed by atoms with van der Waals surface area (Å²) in [6, 6.07) is 17.7. The summed E-state index contributed by atoms with van der Waals surface area (Å²) >= 11 is 0. The molecule has 4 rings (SSSR count). The maximum atomic E-state index is 4.56. The number of guanidine groups is 1. The van der Waals surface area contributed by atoms with Crippen molar-refractivity contribution in [1.82, 2.24) is 20.1 Å². The van der Waals surface area contributed by atoms with E-state index in [0.29, 0.717) is 6.04 Å². The number of hydrogen-bond donors (Lipinski definition) is 1. The Bertz CT molecular complexity index is 783. The molecule has 2 atom stereocenters. The first-order valence-corrected chi connectivity index (χ1v) is 11.0. The number of aromatic nitrogens is 1. The first-order valence-electron chi connectivity index (χ1n) is 11.0. The summed E-state index contributed by atoms with van der Waals surface area (Å²) in [4.78, 5) is 14.2.